The van der Waals surface area contributed by atoms with Crippen LogP contribution in [0.1, 0.15) is 218 Å². The minimum absolute atomic E-state index is 0.0279. The Hall–Kier alpha value is -17.3. The van der Waals surface area contributed by atoms with Crippen LogP contribution in [0.25, 0.3) is 67.5 Å². The van der Waals surface area contributed by atoms with Crippen molar-refractivity contribution in [3.05, 3.63) is 410 Å². The predicted molar refractivity (Wildman–Crippen MR) is 554 cm³/mol. The van der Waals surface area contributed by atoms with Crippen LogP contribution in [0.4, 0.5) is 13.2 Å². The van der Waals surface area contributed by atoms with Crippen molar-refractivity contribution in [3.8, 4) is 84.8 Å². The molecule has 0 bridgehead atoms. The number of ether oxygens (including phenoxy) is 2. The second-order valence-corrected chi connectivity index (χ2v) is 36.4. The molecule has 6 aromatic carbocycles. The summed E-state index contributed by atoms with van der Waals surface area (Å²) in [5.41, 5.74) is 22.7. The molecular formula is C118H113F3N12O15. The molecule has 30 heteroatoms. The molecule has 0 atom stereocenters. The molecule has 12 aromatic heterocycles. The molecule has 0 saturated heterocycles. The molecule has 1 N–H and O–H groups in total. The molecule has 27 nitrogen and oxygen atoms in total. The highest BCUT2D eigenvalue weighted by Gasteiger charge is 2.31. The van der Waals surface area contributed by atoms with Crippen LogP contribution in [0, 0.1) is 62.3 Å². The van der Waals surface area contributed by atoms with Gasteiger partial charge in [0, 0.05) is 252 Å². The van der Waals surface area contributed by atoms with Gasteiger partial charge in [0.25, 0.3) is 0 Å². The van der Waals surface area contributed by atoms with Gasteiger partial charge in [0.2, 0.25) is 0 Å². The standard InChI is InChI=1S/C22H24N2O2.C21H22N2O2.C19H15F3N2O2.2C19H18N2O3.C18H16N2O3/c1-15-5-6-17(14-23-15)21(25)12-11-19-13-20(24-26-19)16-7-9-18(10-8-16)22(2,3)4;1-13-9-14(2)21(15(3)10-13)19-11-18(25-23-19)7-8-20(24)17-6-5-16(4)22-12-17;1-12-2-3-14(11-23-12)18(25)9-8-16-10-17(24-26-16)13-4-6-15(7-5-13)19(20,21)22;1-13-6-7-15(12-20-13)19(22)9-8-17-11-18(21-24-17)14-4-3-5-16(10-14)23-2;1-13-7-8-14(12-20-13)18(22)10-9-15-11-17(21-24-15)16-5-3-4-6-19(16)23-2;1-12-2-3-14(11-19-12)18(22)9-8-16-10-17(20-23-16)13-4-6-15(21)7-5-13/h5-10,13-14H,11-12H2,1-4H3;5-6,9-12H,7-8H2,1-4H3;2-7,10-11H,8-9H2,1H3;3-7,10-12H,8-9H2,1-2H3;3-8,11-12H,9-10H2,1-2H3;2-7,10-11,21H,8-9H2,1H3. The lowest BCUT2D eigenvalue weighted by Crippen LogP contribution is -2.10. The van der Waals surface area contributed by atoms with Crippen molar-refractivity contribution in [1.29, 1.82) is 0 Å². The van der Waals surface area contributed by atoms with Crippen LogP contribution in [0.15, 0.2) is 307 Å². The first kappa shape index (κ1) is 108. The number of phenolic OH excluding ortho intramolecular Hbond substituents is 1. The number of benzene rings is 6. The molecule has 0 fully saturated rings. The van der Waals surface area contributed by atoms with Crippen LogP contribution in [0.5, 0.6) is 17.2 Å². The molecule has 0 amide bonds. The maximum Gasteiger partial charge on any atom is 0.416 e. The third-order valence-electron chi connectivity index (χ3n) is 23.7. The zero-order valence-corrected chi connectivity index (χ0v) is 84.7. The molecule has 18 aromatic rings. The zero-order valence-electron chi connectivity index (χ0n) is 84.7. The van der Waals surface area contributed by atoms with Gasteiger partial charge in [0.05, 0.1) is 19.8 Å². The van der Waals surface area contributed by atoms with Crippen molar-refractivity contribution >= 4 is 34.7 Å². The Bertz CT molecular complexity index is 7300. The number of aryl methyl sites for hydroxylation is 15. The molecule has 0 aliphatic carbocycles. The summed E-state index contributed by atoms with van der Waals surface area (Å²) in [6.07, 6.45) is 10.2. The molecule has 18 rings (SSSR count). The van der Waals surface area contributed by atoms with Crippen molar-refractivity contribution in [1.82, 2.24) is 60.8 Å². The van der Waals surface area contributed by atoms with E-state index >= 15 is 0 Å². The van der Waals surface area contributed by atoms with E-state index in [1.807, 2.05) is 163 Å². The Morgan fingerprint density at radius 3 is 0.878 bits per heavy atom. The quantitative estimate of drug-likeness (QED) is 0.0383. The number of methoxy groups -OCH3 is 2. The molecule has 148 heavy (non-hydrogen) atoms. The largest absolute Gasteiger partial charge is 0.508 e. The van der Waals surface area contributed by atoms with E-state index in [2.05, 4.69) is 139 Å². The highest BCUT2D eigenvalue weighted by atomic mass is 19.4. The molecule has 756 valence electrons. The first-order chi connectivity index (χ1) is 71.0. The molecule has 0 unspecified atom stereocenters. The number of halogens is 3. The Morgan fingerprint density at radius 2 is 0.581 bits per heavy atom. The monoisotopic (exact) mass is 1990 g/mol. The number of para-hydroxylation sites is 1. The fourth-order valence-electron chi connectivity index (χ4n) is 15.3. The number of Topliss-reactive ketones (excluding diaryl/α,β-unsaturated/α-hetero) is 6. The third-order valence-corrected chi connectivity index (χ3v) is 23.7. The van der Waals surface area contributed by atoms with Gasteiger partial charge in [0.15, 0.2) is 34.7 Å². The number of carbonyl (C=O) groups is 6. The number of alkyl halides is 3. The van der Waals surface area contributed by atoms with E-state index in [-0.39, 0.29) is 52.3 Å². The zero-order chi connectivity index (χ0) is 106. The summed E-state index contributed by atoms with van der Waals surface area (Å²) in [6.45, 7) is 24.1. The smallest absolute Gasteiger partial charge is 0.416 e. The average Bonchev–Trinajstić information content (AvgIpc) is 1.61. The maximum atomic E-state index is 12.6. The van der Waals surface area contributed by atoms with Crippen LogP contribution >= 0.6 is 0 Å². The molecular weight excluding hydrogens is 1880 g/mol. The molecule has 0 spiro atoms. The molecule has 0 aliphatic heterocycles. The number of carbonyl (C=O) groups excluding carboxylic acids is 6. The summed E-state index contributed by atoms with van der Waals surface area (Å²) in [7, 11) is 3.24. The van der Waals surface area contributed by atoms with Crippen molar-refractivity contribution in [2.24, 2.45) is 0 Å². The van der Waals surface area contributed by atoms with Gasteiger partial charge in [-0.1, -0.05) is 130 Å². The Morgan fingerprint density at radius 1 is 0.297 bits per heavy atom. The Labute approximate surface area is 854 Å². The van der Waals surface area contributed by atoms with Crippen LogP contribution in [0.3, 0.4) is 0 Å². The SMILES string of the molecule is COc1cccc(-c2cc(CCC(=O)c3ccc(C)nc3)on2)c1.COc1ccccc1-c1cc(CCC(=O)c2ccc(C)nc2)on1.Cc1cc(C)c(-c2cc(CCC(=O)c3ccc(C)nc3)on2)c(C)c1.Cc1ccc(C(=O)CCc2cc(-c3ccc(C(C)(C)C)cc3)no2)cn1.Cc1ccc(C(=O)CCc2cc(-c3ccc(C(F)(F)F)cc3)no2)cn1.Cc1ccc(C(=O)CCc2cc(-c3ccc(O)cc3)no2)cn1. The lowest BCUT2D eigenvalue weighted by atomic mass is 9.86. The van der Waals surface area contributed by atoms with Crippen LogP contribution in [-0.4, -0.2) is 115 Å². The van der Waals surface area contributed by atoms with Crippen LogP contribution in [-0.2, 0) is 50.1 Å². The number of ketones is 6. The van der Waals surface area contributed by atoms with Crippen LogP contribution < -0.4 is 9.47 Å². The lowest BCUT2D eigenvalue weighted by molar-refractivity contribution is -0.137. The topological polar surface area (TPSA) is 375 Å². The fourth-order valence-corrected chi connectivity index (χ4v) is 15.3. The number of phenols is 1. The maximum absolute atomic E-state index is 12.6. The Kier molecular flexibility index (Phi) is 37.4. The van der Waals surface area contributed by atoms with E-state index in [1.54, 1.807) is 106 Å². The summed E-state index contributed by atoms with van der Waals surface area (Å²) in [6, 6.07) is 71.9. The minimum atomic E-state index is -4.38. The van der Waals surface area contributed by atoms with Crippen molar-refractivity contribution in [2.45, 2.75) is 172 Å². The van der Waals surface area contributed by atoms with E-state index in [0.29, 0.717) is 155 Å². The average molecular weight is 2000 g/mol. The number of pyridine rings is 6. The third kappa shape index (κ3) is 31.6. The highest BCUT2D eigenvalue weighted by molar-refractivity contribution is 5.99. The van der Waals surface area contributed by atoms with Crippen LogP contribution in [0.2, 0.25) is 0 Å². The van der Waals surface area contributed by atoms with Gasteiger partial charge in [-0.3, -0.25) is 58.7 Å². The van der Waals surface area contributed by atoms with Crippen molar-refractivity contribution < 1.29 is 83.7 Å². The second-order valence-electron chi connectivity index (χ2n) is 36.4. The fraction of sp³-hybridized carbons (Fsp3) is 0.237. The first-order valence-electron chi connectivity index (χ1n) is 48.0. The number of rotatable bonds is 32. The number of hydrogen-bond acceptors (Lipinski definition) is 27. The van der Waals surface area contributed by atoms with Crippen molar-refractivity contribution in [2.75, 3.05) is 14.2 Å². The van der Waals surface area contributed by atoms with Gasteiger partial charge in [-0.2, -0.15) is 13.2 Å². The van der Waals surface area contributed by atoms with Gasteiger partial charge in [-0.05, 0) is 218 Å². The predicted octanol–water partition coefficient (Wildman–Crippen LogP) is 26.1. The minimum Gasteiger partial charge on any atom is -0.508 e. The molecule has 0 radical (unpaired) electrons. The summed E-state index contributed by atoms with van der Waals surface area (Å²) >= 11 is 0. The van der Waals surface area contributed by atoms with Gasteiger partial charge in [-0.25, -0.2) is 0 Å². The number of nitrogens with zero attached hydrogens (tertiary/aromatic N) is 12. The normalized spacial score (nSPS) is 11.0. The molecule has 0 saturated carbocycles. The van der Waals surface area contributed by atoms with E-state index < -0.39 is 11.7 Å². The van der Waals surface area contributed by atoms with Gasteiger partial charge < -0.3 is 41.7 Å². The van der Waals surface area contributed by atoms with E-state index in [4.69, 9.17) is 36.6 Å². The van der Waals surface area contributed by atoms with E-state index in [1.165, 1.54) is 40.6 Å². The number of aromatic hydroxyl groups is 1. The second kappa shape index (κ2) is 51.3. The first-order valence-corrected chi connectivity index (χ1v) is 48.0. The Balaban J connectivity index is 0.000000148. The summed E-state index contributed by atoms with van der Waals surface area (Å²) < 4.78 is 80.3. The van der Waals surface area contributed by atoms with Crippen molar-refractivity contribution in [3.63, 3.8) is 0 Å². The summed E-state index contributed by atoms with van der Waals surface area (Å²) in [4.78, 5) is 97.9. The van der Waals surface area contributed by atoms with E-state index in [9.17, 15) is 47.0 Å². The van der Waals surface area contributed by atoms with Gasteiger partial charge in [0.1, 0.15) is 86.0 Å². The van der Waals surface area contributed by atoms with E-state index in [0.717, 1.165) is 108 Å². The number of hydrogen-bond donors (Lipinski definition) is 1. The lowest BCUT2D eigenvalue weighted by Gasteiger charge is -2.18. The summed E-state index contributed by atoms with van der Waals surface area (Å²) in [5.74, 6) is 5.81. The summed E-state index contributed by atoms with van der Waals surface area (Å²) in [5, 5.41) is 33.6. The van der Waals surface area contributed by atoms with Gasteiger partial charge in [-0.15, -0.1) is 0 Å². The number of aromatic nitrogens is 12. The molecule has 12 heterocycles. The van der Waals surface area contributed by atoms with Gasteiger partial charge >= 0.3 is 6.18 Å². The molecule has 0 aliphatic rings. The highest BCUT2D eigenvalue weighted by Crippen LogP contribution is 2.36.